The number of nitrogens with zero attached hydrogens (tertiary/aromatic N) is 2. The van der Waals surface area contributed by atoms with Crippen molar-refractivity contribution < 1.29 is 14.3 Å². The number of anilines is 1. The average Bonchev–Trinajstić information content (AvgIpc) is 3.04. The monoisotopic (exact) mass is 414 g/mol. The van der Waals surface area contributed by atoms with E-state index in [9.17, 15) is 14.4 Å². The molecular weight excluding hydrogens is 392 g/mol. The molecule has 3 N–H and O–H groups in total. The van der Waals surface area contributed by atoms with Crippen molar-refractivity contribution in [3.63, 3.8) is 0 Å². The molecule has 1 aromatic carbocycles. The topological polar surface area (TPSA) is 116 Å². The molecule has 2 aromatic heterocycles. The van der Waals surface area contributed by atoms with Crippen molar-refractivity contribution in [1.82, 2.24) is 9.55 Å². The van der Waals surface area contributed by atoms with Gasteiger partial charge >= 0.3 is 0 Å². The first-order valence-corrected chi connectivity index (χ1v) is 9.94. The van der Waals surface area contributed by atoms with E-state index in [0.29, 0.717) is 44.3 Å². The quantitative estimate of drug-likeness (QED) is 0.616. The fourth-order valence-electron chi connectivity index (χ4n) is 3.12. The number of para-hydroxylation sites is 2. The molecule has 29 heavy (non-hydrogen) atoms. The van der Waals surface area contributed by atoms with Crippen LogP contribution >= 0.6 is 11.3 Å². The number of nitrogens with two attached hydrogens (primary N) is 1. The van der Waals surface area contributed by atoms with Crippen molar-refractivity contribution in [2.75, 3.05) is 12.4 Å². The molecule has 0 radical (unpaired) electrons. The van der Waals surface area contributed by atoms with Crippen LogP contribution in [0.3, 0.4) is 0 Å². The minimum atomic E-state index is -0.488. The van der Waals surface area contributed by atoms with Crippen molar-refractivity contribution in [2.24, 2.45) is 5.73 Å². The largest absolute Gasteiger partial charge is 0.495 e. The first kappa shape index (κ1) is 20.5. The Balaban J connectivity index is 2.05. The number of carbonyl (C=O) groups excluding carboxylic acids is 2. The molecule has 0 aliphatic carbocycles. The Labute approximate surface area is 171 Å². The number of rotatable bonds is 7. The molecule has 0 unspecified atom stereocenters. The van der Waals surface area contributed by atoms with Gasteiger partial charge in [-0.3, -0.25) is 19.0 Å². The van der Waals surface area contributed by atoms with E-state index in [2.05, 4.69) is 10.3 Å². The summed E-state index contributed by atoms with van der Waals surface area (Å²) in [5, 5.41) is 3.22. The lowest BCUT2D eigenvalue weighted by atomic mass is 10.2. The molecule has 0 spiro atoms. The van der Waals surface area contributed by atoms with Crippen LogP contribution in [-0.2, 0) is 17.8 Å². The van der Waals surface area contributed by atoms with Crippen LogP contribution in [0.15, 0.2) is 29.1 Å². The summed E-state index contributed by atoms with van der Waals surface area (Å²) in [5.41, 5.74) is 6.06. The van der Waals surface area contributed by atoms with Gasteiger partial charge in [0.05, 0.1) is 23.1 Å². The van der Waals surface area contributed by atoms with Crippen LogP contribution in [0.4, 0.5) is 5.69 Å². The van der Waals surface area contributed by atoms with Crippen LogP contribution < -0.4 is 21.3 Å². The van der Waals surface area contributed by atoms with E-state index in [-0.39, 0.29) is 24.4 Å². The van der Waals surface area contributed by atoms with Gasteiger partial charge in [0.25, 0.3) is 11.5 Å². The summed E-state index contributed by atoms with van der Waals surface area (Å²) in [6, 6.07) is 7.09. The van der Waals surface area contributed by atoms with E-state index in [4.69, 9.17) is 10.5 Å². The van der Waals surface area contributed by atoms with Gasteiger partial charge < -0.3 is 15.8 Å². The third-order valence-corrected chi connectivity index (χ3v) is 5.77. The van der Waals surface area contributed by atoms with Gasteiger partial charge in [0, 0.05) is 19.4 Å². The summed E-state index contributed by atoms with van der Waals surface area (Å²) in [4.78, 5) is 42.6. The van der Waals surface area contributed by atoms with Gasteiger partial charge in [0.15, 0.2) is 0 Å². The maximum absolute atomic E-state index is 13.1. The Morgan fingerprint density at radius 1 is 1.31 bits per heavy atom. The molecule has 0 aliphatic rings. The van der Waals surface area contributed by atoms with E-state index >= 15 is 0 Å². The second-order valence-electron chi connectivity index (χ2n) is 6.45. The fourth-order valence-corrected chi connectivity index (χ4v) is 4.21. The molecule has 9 heteroatoms. The van der Waals surface area contributed by atoms with E-state index in [1.165, 1.54) is 23.0 Å². The van der Waals surface area contributed by atoms with Gasteiger partial charge in [-0.1, -0.05) is 19.1 Å². The standard InChI is InChI=1S/C20H22N4O4S/c1-4-15-23-19-16(20(27)24(15)10-9-14(21)25)11(2)17(29-19)18(26)22-12-7-5-6-8-13(12)28-3/h5-8H,4,9-10H2,1-3H3,(H2,21,25)(H,22,26). The number of thiophene rings is 1. The molecule has 3 rings (SSSR count). The van der Waals surface area contributed by atoms with Gasteiger partial charge in [-0.15, -0.1) is 11.3 Å². The summed E-state index contributed by atoms with van der Waals surface area (Å²) in [6.07, 6.45) is 0.564. The van der Waals surface area contributed by atoms with E-state index in [1.54, 1.807) is 25.1 Å². The number of carbonyl (C=O) groups is 2. The average molecular weight is 414 g/mol. The number of benzene rings is 1. The number of fused-ring (bicyclic) bond motifs is 1. The van der Waals surface area contributed by atoms with Gasteiger partial charge in [-0.05, 0) is 24.6 Å². The van der Waals surface area contributed by atoms with E-state index in [0.717, 1.165) is 0 Å². The number of amides is 2. The van der Waals surface area contributed by atoms with Crippen LogP contribution in [0.25, 0.3) is 10.2 Å². The number of aryl methyl sites for hydroxylation is 2. The minimum absolute atomic E-state index is 0.0461. The molecule has 8 nitrogen and oxygen atoms in total. The molecule has 3 aromatic rings. The third-order valence-electron chi connectivity index (χ3n) is 4.59. The molecule has 0 fully saturated rings. The van der Waals surface area contributed by atoms with Crippen molar-refractivity contribution >= 4 is 39.1 Å². The van der Waals surface area contributed by atoms with Crippen molar-refractivity contribution in [1.29, 1.82) is 0 Å². The molecule has 0 saturated heterocycles. The van der Waals surface area contributed by atoms with Crippen LogP contribution in [0.5, 0.6) is 5.75 Å². The van der Waals surface area contributed by atoms with Gasteiger partial charge in [0.2, 0.25) is 5.91 Å². The predicted molar refractivity (Wildman–Crippen MR) is 113 cm³/mol. The van der Waals surface area contributed by atoms with E-state index in [1.807, 2.05) is 13.0 Å². The van der Waals surface area contributed by atoms with Crippen LogP contribution in [0, 0.1) is 6.92 Å². The summed E-state index contributed by atoms with van der Waals surface area (Å²) >= 11 is 1.17. The highest BCUT2D eigenvalue weighted by Gasteiger charge is 2.22. The number of methoxy groups -OCH3 is 1. The normalized spacial score (nSPS) is 10.9. The lowest BCUT2D eigenvalue weighted by Gasteiger charge is -2.10. The van der Waals surface area contributed by atoms with Crippen LogP contribution in [0.1, 0.15) is 34.4 Å². The molecule has 2 amide bonds. The fraction of sp³-hybridized carbons (Fsp3) is 0.300. The number of aromatic nitrogens is 2. The van der Waals surface area contributed by atoms with Crippen molar-refractivity contribution in [3.05, 3.63) is 50.9 Å². The molecule has 0 saturated carbocycles. The highest BCUT2D eigenvalue weighted by atomic mass is 32.1. The predicted octanol–water partition coefficient (Wildman–Crippen LogP) is 2.47. The molecule has 0 bridgehead atoms. The lowest BCUT2D eigenvalue weighted by molar-refractivity contribution is -0.118. The second kappa shape index (κ2) is 8.44. The molecule has 0 atom stereocenters. The maximum atomic E-state index is 13.1. The molecular formula is C20H22N4O4S. The molecule has 0 aliphatic heterocycles. The number of hydrogen-bond acceptors (Lipinski definition) is 6. The number of nitrogens with one attached hydrogen (secondary N) is 1. The Morgan fingerprint density at radius 2 is 2.03 bits per heavy atom. The SMILES string of the molecule is CCc1nc2sc(C(=O)Nc3ccccc3OC)c(C)c2c(=O)n1CCC(N)=O. The maximum Gasteiger partial charge on any atom is 0.266 e. The highest BCUT2D eigenvalue weighted by Crippen LogP contribution is 2.30. The Morgan fingerprint density at radius 3 is 2.69 bits per heavy atom. The Bertz CT molecular complexity index is 1150. The zero-order valence-electron chi connectivity index (χ0n) is 16.4. The van der Waals surface area contributed by atoms with Gasteiger partial charge in [0.1, 0.15) is 16.4 Å². The van der Waals surface area contributed by atoms with Crippen molar-refractivity contribution in [2.45, 2.75) is 33.2 Å². The first-order chi connectivity index (χ1) is 13.9. The van der Waals surface area contributed by atoms with Gasteiger partial charge in [-0.2, -0.15) is 0 Å². The Hall–Kier alpha value is -3.20. The summed E-state index contributed by atoms with van der Waals surface area (Å²) in [6.45, 7) is 3.77. The van der Waals surface area contributed by atoms with Crippen molar-refractivity contribution in [3.8, 4) is 5.75 Å². The summed E-state index contributed by atoms with van der Waals surface area (Å²) in [7, 11) is 1.53. The zero-order valence-corrected chi connectivity index (χ0v) is 17.3. The Kier molecular flexibility index (Phi) is 5.97. The second-order valence-corrected chi connectivity index (χ2v) is 7.44. The smallest absolute Gasteiger partial charge is 0.266 e. The first-order valence-electron chi connectivity index (χ1n) is 9.12. The molecule has 152 valence electrons. The van der Waals surface area contributed by atoms with Gasteiger partial charge in [-0.25, -0.2) is 4.98 Å². The minimum Gasteiger partial charge on any atom is -0.495 e. The van der Waals surface area contributed by atoms with Crippen LogP contribution in [0.2, 0.25) is 0 Å². The number of hydrogen-bond donors (Lipinski definition) is 2. The number of primary amides is 1. The zero-order chi connectivity index (χ0) is 21.1. The number of ether oxygens (including phenoxy) is 1. The summed E-state index contributed by atoms with van der Waals surface area (Å²) in [5.74, 6) is 0.274. The molecule has 2 heterocycles. The van der Waals surface area contributed by atoms with E-state index < -0.39 is 5.91 Å². The summed E-state index contributed by atoms with van der Waals surface area (Å²) < 4.78 is 6.73. The highest BCUT2D eigenvalue weighted by molar-refractivity contribution is 7.20. The third kappa shape index (κ3) is 4.00. The van der Waals surface area contributed by atoms with Crippen LogP contribution in [-0.4, -0.2) is 28.5 Å². The lowest BCUT2D eigenvalue weighted by Crippen LogP contribution is -2.27.